The first-order valence-corrected chi connectivity index (χ1v) is 11.1. The first-order chi connectivity index (χ1) is 13.7. The standard InChI is InChI=1S/C23H25N3OS/c24-20-17-14-16-9-3-1-2-4-11-18(16)25-22(17)28-21(20)23(27)26-13-7-10-15-8-5-6-12-19(15)26/h5-6,8,12,14H,1-4,7,9-11,13,24H2. The number of hydrogen-bond donors (Lipinski definition) is 1. The highest BCUT2D eigenvalue weighted by Crippen LogP contribution is 2.37. The van der Waals surface area contributed by atoms with E-state index < -0.39 is 0 Å². The molecular weight excluding hydrogens is 366 g/mol. The number of fused-ring (bicyclic) bond motifs is 3. The summed E-state index contributed by atoms with van der Waals surface area (Å²) in [6, 6.07) is 10.4. The van der Waals surface area contributed by atoms with E-state index in [1.807, 2.05) is 23.1 Å². The average molecular weight is 392 g/mol. The van der Waals surface area contributed by atoms with Gasteiger partial charge in [-0.05, 0) is 61.8 Å². The first kappa shape index (κ1) is 17.7. The van der Waals surface area contributed by atoms with E-state index in [2.05, 4.69) is 12.1 Å². The molecule has 3 aromatic rings. The van der Waals surface area contributed by atoms with E-state index in [0.717, 1.165) is 48.1 Å². The van der Waals surface area contributed by atoms with E-state index in [1.54, 1.807) is 0 Å². The highest BCUT2D eigenvalue weighted by atomic mass is 32.1. The number of nitrogen functional groups attached to an aromatic ring is 1. The lowest BCUT2D eigenvalue weighted by Gasteiger charge is -2.29. The molecule has 144 valence electrons. The Labute approximate surface area is 169 Å². The summed E-state index contributed by atoms with van der Waals surface area (Å²) in [7, 11) is 0. The van der Waals surface area contributed by atoms with Gasteiger partial charge in [-0.25, -0.2) is 4.98 Å². The van der Waals surface area contributed by atoms with E-state index in [9.17, 15) is 4.79 Å². The summed E-state index contributed by atoms with van der Waals surface area (Å²) in [5, 5.41) is 0.956. The van der Waals surface area contributed by atoms with Crippen LogP contribution in [0.2, 0.25) is 0 Å². The van der Waals surface area contributed by atoms with Gasteiger partial charge in [0.2, 0.25) is 0 Å². The fourth-order valence-corrected chi connectivity index (χ4v) is 5.58. The zero-order chi connectivity index (χ0) is 19.1. The van der Waals surface area contributed by atoms with E-state index >= 15 is 0 Å². The third-order valence-electron chi connectivity index (χ3n) is 6.05. The van der Waals surface area contributed by atoms with Gasteiger partial charge in [0.25, 0.3) is 5.91 Å². The Bertz CT molecular complexity index is 1060. The van der Waals surface area contributed by atoms with Gasteiger partial charge >= 0.3 is 0 Å². The molecule has 2 N–H and O–H groups in total. The lowest BCUT2D eigenvalue weighted by atomic mass is 9.96. The predicted octanol–water partition coefficient (Wildman–Crippen LogP) is 5.13. The van der Waals surface area contributed by atoms with Gasteiger partial charge in [-0.2, -0.15) is 0 Å². The Morgan fingerprint density at radius 3 is 2.68 bits per heavy atom. The molecule has 0 saturated carbocycles. The summed E-state index contributed by atoms with van der Waals surface area (Å²) in [5.74, 6) is 0.0140. The van der Waals surface area contributed by atoms with Crippen molar-refractivity contribution in [2.24, 2.45) is 0 Å². The van der Waals surface area contributed by atoms with Crippen LogP contribution in [0, 0.1) is 0 Å². The number of nitrogens with zero attached hydrogens (tertiary/aromatic N) is 2. The number of thiophene rings is 1. The molecule has 0 radical (unpaired) electrons. The van der Waals surface area contributed by atoms with Crippen molar-refractivity contribution < 1.29 is 4.79 Å². The molecule has 5 heteroatoms. The monoisotopic (exact) mass is 391 g/mol. The summed E-state index contributed by atoms with van der Waals surface area (Å²) >= 11 is 1.46. The lowest BCUT2D eigenvalue weighted by Crippen LogP contribution is -2.35. The van der Waals surface area contributed by atoms with Crippen molar-refractivity contribution in [3.63, 3.8) is 0 Å². The van der Waals surface area contributed by atoms with Crippen molar-refractivity contribution in [3.8, 4) is 0 Å². The molecule has 0 saturated heterocycles. The summed E-state index contributed by atoms with van der Waals surface area (Å²) in [4.78, 5) is 21.8. The third-order valence-corrected chi connectivity index (χ3v) is 7.15. The number of amides is 1. The number of carbonyl (C=O) groups is 1. The van der Waals surface area contributed by atoms with Gasteiger partial charge in [0.1, 0.15) is 9.71 Å². The molecule has 4 nitrogen and oxygen atoms in total. The molecule has 0 atom stereocenters. The second kappa shape index (κ2) is 7.21. The topological polar surface area (TPSA) is 59.2 Å². The second-order valence-corrected chi connectivity index (χ2v) is 8.89. The smallest absolute Gasteiger partial charge is 0.270 e. The minimum absolute atomic E-state index is 0.0140. The number of aromatic nitrogens is 1. The fourth-order valence-electron chi connectivity index (χ4n) is 4.54. The zero-order valence-corrected chi connectivity index (χ0v) is 16.9. The number of hydrogen-bond acceptors (Lipinski definition) is 4. The van der Waals surface area contributed by atoms with Crippen LogP contribution in [0.15, 0.2) is 30.3 Å². The maximum Gasteiger partial charge on any atom is 0.270 e. The van der Waals surface area contributed by atoms with Gasteiger partial charge in [-0.3, -0.25) is 4.79 Å². The molecule has 1 aromatic carbocycles. The molecule has 2 aliphatic rings. The third kappa shape index (κ3) is 2.98. The number of rotatable bonds is 1. The number of nitrogens with two attached hydrogens (primary N) is 1. The van der Waals surface area contributed by atoms with E-state index in [0.29, 0.717) is 10.6 Å². The minimum Gasteiger partial charge on any atom is -0.397 e. The summed E-state index contributed by atoms with van der Waals surface area (Å²) < 4.78 is 0. The van der Waals surface area contributed by atoms with Crippen molar-refractivity contribution in [1.82, 2.24) is 4.98 Å². The minimum atomic E-state index is 0.0140. The molecule has 0 fully saturated rings. The highest BCUT2D eigenvalue weighted by molar-refractivity contribution is 7.21. The molecule has 1 aliphatic heterocycles. The number of carbonyl (C=O) groups excluding carboxylic acids is 1. The van der Waals surface area contributed by atoms with Crippen LogP contribution >= 0.6 is 11.3 Å². The summed E-state index contributed by atoms with van der Waals surface area (Å²) in [5.41, 5.74) is 11.9. The Hall–Kier alpha value is -2.40. The zero-order valence-electron chi connectivity index (χ0n) is 16.0. The summed E-state index contributed by atoms with van der Waals surface area (Å²) in [6.45, 7) is 0.744. The maximum absolute atomic E-state index is 13.4. The molecule has 28 heavy (non-hydrogen) atoms. The Balaban J connectivity index is 1.56. The largest absolute Gasteiger partial charge is 0.397 e. The molecular formula is C23H25N3OS. The van der Waals surface area contributed by atoms with Crippen LogP contribution in [0.3, 0.4) is 0 Å². The van der Waals surface area contributed by atoms with Gasteiger partial charge in [0.15, 0.2) is 0 Å². The molecule has 2 aromatic heterocycles. The lowest BCUT2D eigenvalue weighted by molar-refractivity contribution is 0.0990. The Morgan fingerprint density at radius 2 is 1.79 bits per heavy atom. The second-order valence-electron chi connectivity index (χ2n) is 7.90. The van der Waals surface area contributed by atoms with Gasteiger partial charge in [0, 0.05) is 23.3 Å². The van der Waals surface area contributed by atoms with Crippen LogP contribution in [-0.2, 0) is 19.3 Å². The molecule has 0 unspecified atom stereocenters. The predicted molar refractivity (Wildman–Crippen MR) is 116 cm³/mol. The van der Waals surface area contributed by atoms with E-state index in [4.69, 9.17) is 10.7 Å². The molecule has 5 rings (SSSR count). The Morgan fingerprint density at radius 1 is 1.00 bits per heavy atom. The van der Waals surface area contributed by atoms with Crippen molar-refractivity contribution in [2.75, 3.05) is 17.2 Å². The van der Waals surface area contributed by atoms with Crippen LogP contribution in [0.4, 0.5) is 11.4 Å². The quantitative estimate of drug-likeness (QED) is 0.625. The van der Waals surface area contributed by atoms with Crippen molar-refractivity contribution in [1.29, 1.82) is 0 Å². The van der Waals surface area contributed by atoms with Gasteiger partial charge in [-0.15, -0.1) is 11.3 Å². The van der Waals surface area contributed by atoms with Crippen LogP contribution in [0.25, 0.3) is 10.2 Å². The van der Waals surface area contributed by atoms with Crippen LogP contribution in [-0.4, -0.2) is 17.4 Å². The van der Waals surface area contributed by atoms with Gasteiger partial charge < -0.3 is 10.6 Å². The normalized spacial score (nSPS) is 16.9. The van der Waals surface area contributed by atoms with E-state index in [-0.39, 0.29) is 5.91 Å². The first-order valence-electron chi connectivity index (χ1n) is 10.3. The molecule has 1 amide bonds. The molecule has 0 bridgehead atoms. The van der Waals surface area contributed by atoms with Gasteiger partial charge in [-0.1, -0.05) is 31.0 Å². The Kier molecular flexibility index (Phi) is 4.55. The molecule has 0 spiro atoms. The maximum atomic E-state index is 13.4. The SMILES string of the molecule is Nc1c(C(=O)N2CCCc3ccccc32)sc2nc3c(cc12)CCCCCC3. The average Bonchev–Trinajstić information content (AvgIpc) is 3.02. The fraction of sp³-hybridized carbons (Fsp3) is 0.391. The highest BCUT2D eigenvalue weighted by Gasteiger charge is 2.27. The number of para-hydroxylation sites is 1. The van der Waals surface area contributed by atoms with Gasteiger partial charge in [0.05, 0.1) is 5.69 Å². The van der Waals surface area contributed by atoms with Crippen molar-refractivity contribution in [2.45, 2.75) is 51.4 Å². The number of anilines is 2. The van der Waals surface area contributed by atoms with Crippen LogP contribution in [0.1, 0.15) is 58.6 Å². The molecule has 3 heterocycles. The molecule has 1 aliphatic carbocycles. The number of aryl methyl sites for hydroxylation is 3. The number of benzene rings is 1. The van der Waals surface area contributed by atoms with Crippen LogP contribution in [0.5, 0.6) is 0 Å². The number of pyridine rings is 1. The van der Waals surface area contributed by atoms with Crippen molar-refractivity contribution >= 4 is 38.8 Å². The van der Waals surface area contributed by atoms with E-state index in [1.165, 1.54) is 53.8 Å². The summed E-state index contributed by atoms with van der Waals surface area (Å²) in [6.07, 6.45) is 9.08. The van der Waals surface area contributed by atoms with Crippen molar-refractivity contribution in [3.05, 3.63) is 52.0 Å². The van der Waals surface area contributed by atoms with Crippen LogP contribution < -0.4 is 10.6 Å².